The molecule has 0 radical (unpaired) electrons. The Morgan fingerprint density at radius 1 is 1.00 bits per heavy atom. The van der Waals surface area contributed by atoms with Gasteiger partial charge in [-0.3, -0.25) is 14.7 Å². The second-order valence-electron chi connectivity index (χ2n) is 9.12. The Hall–Kier alpha value is -2.95. The molecule has 3 aromatic carbocycles. The fourth-order valence-electron chi connectivity index (χ4n) is 3.79. The minimum atomic E-state index is -4.00. The molecule has 0 aliphatic rings. The molecule has 4 rings (SSSR count). The molecule has 0 fully saturated rings. The van der Waals surface area contributed by atoms with E-state index in [1.165, 1.54) is 47.0 Å². The van der Waals surface area contributed by atoms with Crippen LogP contribution in [0, 0.1) is 11.7 Å². The van der Waals surface area contributed by atoms with Crippen molar-refractivity contribution in [2.24, 2.45) is 5.92 Å². The highest BCUT2D eigenvalue weighted by molar-refractivity contribution is 7.89. The Kier molecular flexibility index (Phi) is 8.98. The zero-order valence-corrected chi connectivity index (χ0v) is 24.0. The number of carbonyl (C=O) groups is 1. The van der Waals surface area contributed by atoms with Crippen molar-refractivity contribution in [3.8, 4) is 16.9 Å². The van der Waals surface area contributed by atoms with Gasteiger partial charge in [-0.25, -0.2) is 17.8 Å². The van der Waals surface area contributed by atoms with Crippen LogP contribution in [0.5, 0.6) is 0 Å². The third-order valence-corrected chi connectivity index (χ3v) is 8.24. The van der Waals surface area contributed by atoms with Crippen LogP contribution < -0.4 is 5.32 Å². The molecule has 0 saturated carbocycles. The predicted octanol–water partition coefficient (Wildman–Crippen LogP) is 6.92. The van der Waals surface area contributed by atoms with Crippen LogP contribution in [0.25, 0.3) is 16.9 Å². The van der Waals surface area contributed by atoms with Crippen molar-refractivity contribution in [2.45, 2.75) is 18.7 Å². The highest BCUT2D eigenvalue weighted by Gasteiger charge is 2.28. The molecule has 1 heterocycles. The first-order valence-corrected chi connectivity index (χ1v) is 14.4. The first kappa shape index (κ1) is 29.0. The number of rotatable bonds is 9. The van der Waals surface area contributed by atoms with E-state index >= 15 is 0 Å². The molecule has 4 aromatic rings. The lowest BCUT2D eigenvalue weighted by atomic mass is 10.2. The Morgan fingerprint density at radius 2 is 1.62 bits per heavy atom. The van der Waals surface area contributed by atoms with Gasteiger partial charge in [-0.15, -0.1) is 0 Å². The van der Waals surface area contributed by atoms with E-state index in [0.717, 1.165) is 4.31 Å². The van der Waals surface area contributed by atoms with Gasteiger partial charge in [-0.2, -0.15) is 4.31 Å². The fraction of sp³-hybridized carbons (Fsp3) is 0.185. The van der Waals surface area contributed by atoms with E-state index < -0.39 is 28.3 Å². The molecule has 0 bridgehead atoms. The number of aromatic nitrogens is 2. The van der Waals surface area contributed by atoms with Crippen LogP contribution in [-0.2, 0) is 14.8 Å². The summed E-state index contributed by atoms with van der Waals surface area (Å²) >= 11 is 17.9. The number of halogens is 4. The number of carbonyl (C=O) groups excluding carboxylic acids is 1. The lowest BCUT2D eigenvalue weighted by Crippen LogP contribution is -2.40. The van der Waals surface area contributed by atoms with Crippen LogP contribution in [0.3, 0.4) is 0 Å². The molecule has 0 saturated heterocycles. The van der Waals surface area contributed by atoms with Crippen molar-refractivity contribution in [2.75, 3.05) is 18.4 Å². The van der Waals surface area contributed by atoms with E-state index in [2.05, 4.69) is 10.3 Å². The van der Waals surface area contributed by atoms with Gasteiger partial charge in [0.2, 0.25) is 21.9 Å². The van der Waals surface area contributed by atoms with Crippen LogP contribution in [-0.4, -0.2) is 41.3 Å². The second-order valence-corrected chi connectivity index (χ2v) is 12.3. The standard InChI is InChI=1S/C27H24Cl3FN4O3S/c1-17(2)14-34(39(37,38)22-10-7-20(29)8-11-22)16-26(36)33-27-32-25(18-3-5-19(28)6-4-18)15-35(27)21-9-12-24(31)23(30)13-21/h3-13,15,17H,14,16H2,1-2H3,(H,32,33,36). The molecule has 204 valence electrons. The van der Waals surface area contributed by atoms with Gasteiger partial charge in [-0.05, 0) is 60.5 Å². The number of imidazole rings is 1. The van der Waals surface area contributed by atoms with Gasteiger partial charge in [0.05, 0.1) is 27.8 Å². The third kappa shape index (κ3) is 6.98. The number of hydrogen-bond donors (Lipinski definition) is 1. The summed E-state index contributed by atoms with van der Waals surface area (Å²) in [5.74, 6) is -1.17. The van der Waals surface area contributed by atoms with Gasteiger partial charge >= 0.3 is 0 Å². The topological polar surface area (TPSA) is 84.3 Å². The molecule has 0 aliphatic carbocycles. The van der Waals surface area contributed by atoms with Crippen molar-refractivity contribution >= 4 is 56.7 Å². The normalized spacial score (nSPS) is 11.8. The first-order valence-electron chi connectivity index (χ1n) is 11.8. The number of sulfonamides is 1. The van der Waals surface area contributed by atoms with Crippen LogP contribution in [0.2, 0.25) is 15.1 Å². The fourth-order valence-corrected chi connectivity index (χ4v) is 5.78. The number of amides is 1. The maximum atomic E-state index is 13.8. The van der Waals surface area contributed by atoms with Crippen molar-refractivity contribution < 1.29 is 17.6 Å². The highest BCUT2D eigenvalue weighted by Crippen LogP contribution is 2.28. The number of nitrogens with zero attached hydrogens (tertiary/aromatic N) is 3. The van der Waals surface area contributed by atoms with Crippen molar-refractivity contribution in [3.05, 3.63) is 93.8 Å². The van der Waals surface area contributed by atoms with Gasteiger partial charge in [-0.1, -0.05) is 60.8 Å². The lowest BCUT2D eigenvalue weighted by molar-refractivity contribution is -0.116. The summed E-state index contributed by atoms with van der Waals surface area (Å²) in [6.07, 6.45) is 1.65. The van der Waals surface area contributed by atoms with Crippen molar-refractivity contribution in [3.63, 3.8) is 0 Å². The predicted molar refractivity (Wildman–Crippen MR) is 153 cm³/mol. The molecule has 0 spiro atoms. The molecule has 1 N–H and O–H groups in total. The SMILES string of the molecule is CC(C)CN(CC(=O)Nc1nc(-c2ccc(Cl)cc2)cn1-c1ccc(F)c(Cl)c1)S(=O)(=O)c1ccc(Cl)cc1. The Balaban J connectivity index is 1.67. The lowest BCUT2D eigenvalue weighted by Gasteiger charge is -2.23. The van der Waals surface area contributed by atoms with E-state index in [1.807, 2.05) is 13.8 Å². The summed E-state index contributed by atoms with van der Waals surface area (Å²) in [6.45, 7) is 3.35. The van der Waals surface area contributed by atoms with Crippen LogP contribution in [0.4, 0.5) is 10.3 Å². The third-order valence-electron chi connectivity index (χ3n) is 5.62. The minimum absolute atomic E-state index is 0.0211. The Bertz CT molecular complexity index is 1590. The Morgan fingerprint density at radius 3 is 2.21 bits per heavy atom. The van der Waals surface area contributed by atoms with Gasteiger partial charge < -0.3 is 0 Å². The molecule has 0 aliphatic heterocycles. The van der Waals surface area contributed by atoms with Gasteiger partial charge in [0.1, 0.15) is 5.82 Å². The molecule has 1 aromatic heterocycles. The summed E-state index contributed by atoms with van der Waals surface area (Å²) in [7, 11) is -4.00. The minimum Gasteiger partial charge on any atom is -0.294 e. The quantitative estimate of drug-likeness (QED) is 0.223. The van der Waals surface area contributed by atoms with Crippen molar-refractivity contribution in [1.29, 1.82) is 0 Å². The highest BCUT2D eigenvalue weighted by atomic mass is 35.5. The summed E-state index contributed by atoms with van der Waals surface area (Å²) in [5.41, 5.74) is 1.65. The molecule has 7 nitrogen and oxygen atoms in total. The number of anilines is 1. The molecular weight excluding hydrogens is 586 g/mol. The zero-order chi connectivity index (χ0) is 28.3. The van der Waals surface area contributed by atoms with Crippen LogP contribution in [0.15, 0.2) is 77.8 Å². The summed E-state index contributed by atoms with van der Waals surface area (Å²) in [4.78, 5) is 17.8. The van der Waals surface area contributed by atoms with Crippen LogP contribution >= 0.6 is 34.8 Å². The second kappa shape index (κ2) is 12.1. The molecular formula is C27H24Cl3FN4O3S. The molecule has 39 heavy (non-hydrogen) atoms. The average Bonchev–Trinajstić information content (AvgIpc) is 3.29. The molecule has 0 unspecified atom stereocenters. The monoisotopic (exact) mass is 608 g/mol. The number of nitrogens with one attached hydrogen (secondary N) is 1. The van der Waals surface area contributed by atoms with Crippen molar-refractivity contribution in [1.82, 2.24) is 13.9 Å². The van der Waals surface area contributed by atoms with Gasteiger partial charge in [0.15, 0.2) is 0 Å². The summed E-state index contributed by atoms with van der Waals surface area (Å²) in [6, 6.07) is 16.8. The average molecular weight is 610 g/mol. The first-order chi connectivity index (χ1) is 18.4. The van der Waals surface area contributed by atoms with E-state index in [4.69, 9.17) is 34.8 Å². The summed E-state index contributed by atoms with van der Waals surface area (Å²) in [5, 5.41) is 3.54. The maximum Gasteiger partial charge on any atom is 0.243 e. The van der Waals surface area contributed by atoms with E-state index in [0.29, 0.717) is 27.0 Å². The maximum absolute atomic E-state index is 13.8. The Labute approximate surface area is 241 Å². The number of hydrogen-bond acceptors (Lipinski definition) is 4. The number of benzene rings is 3. The molecule has 0 atom stereocenters. The van der Waals surface area contributed by atoms with Gasteiger partial charge in [0.25, 0.3) is 0 Å². The van der Waals surface area contributed by atoms with E-state index in [9.17, 15) is 17.6 Å². The molecule has 1 amide bonds. The smallest absolute Gasteiger partial charge is 0.243 e. The molecule has 12 heteroatoms. The van der Waals surface area contributed by atoms with E-state index in [-0.39, 0.29) is 28.3 Å². The zero-order valence-electron chi connectivity index (χ0n) is 20.9. The van der Waals surface area contributed by atoms with E-state index in [1.54, 1.807) is 30.5 Å². The van der Waals surface area contributed by atoms with Gasteiger partial charge in [0, 0.05) is 28.4 Å². The largest absolute Gasteiger partial charge is 0.294 e. The summed E-state index contributed by atoms with van der Waals surface area (Å²) < 4.78 is 43.2. The van der Waals surface area contributed by atoms with Crippen LogP contribution in [0.1, 0.15) is 13.8 Å².